The third-order valence-corrected chi connectivity index (χ3v) is 11.5. The van der Waals surface area contributed by atoms with Crippen molar-refractivity contribution in [2.75, 3.05) is 54.4 Å². The molecule has 5 heterocycles. The molecule has 3 fully saturated rings. The summed E-state index contributed by atoms with van der Waals surface area (Å²) >= 11 is 15.7. The lowest BCUT2D eigenvalue weighted by Gasteiger charge is -2.54. The number of halogens is 2. The van der Waals surface area contributed by atoms with E-state index in [9.17, 15) is 19.9 Å². The summed E-state index contributed by atoms with van der Waals surface area (Å²) in [4.78, 5) is 38.9. The molecule has 2 N–H and O–H groups in total. The molecule has 43 heavy (non-hydrogen) atoms. The molecule has 230 valence electrons. The van der Waals surface area contributed by atoms with Crippen molar-refractivity contribution in [1.82, 2.24) is 9.97 Å². The van der Waals surface area contributed by atoms with Crippen LogP contribution < -0.4 is 15.1 Å². The number of nitrogens with one attached hydrogen (secondary N) is 1. The van der Waals surface area contributed by atoms with Gasteiger partial charge in [-0.1, -0.05) is 41.0 Å². The maximum Gasteiger partial charge on any atom is 0.306 e. The topological polar surface area (TPSA) is 122 Å². The van der Waals surface area contributed by atoms with Crippen LogP contribution in [0.25, 0.3) is 10.6 Å². The largest absolute Gasteiger partial charge is 0.632 e. The fraction of sp³-hybridized carbons (Fsp3) is 0.517. The third kappa shape index (κ3) is 6.64. The monoisotopic (exact) mass is 664 g/mol. The van der Waals surface area contributed by atoms with Crippen LogP contribution >= 0.6 is 45.9 Å². The first-order valence-electron chi connectivity index (χ1n) is 14.7. The number of carboxylic acids is 1. The van der Waals surface area contributed by atoms with Crippen LogP contribution in [0, 0.1) is 11.1 Å². The number of thiazole rings is 1. The molecule has 3 aromatic rings. The molecule has 0 bridgehead atoms. The smallest absolute Gasteiger partial charge is 0.306 e. The standard InChI is InChI=1S/C29H34Cl2N6O4S2/c30-20-15-23(42-17-20)24-27(36-10-12-37(41,13-11-36)21-4-2-1-3-5-21)43-29(33-24)34-26(38)19-14-22(31)25(32-16-19)35-8-6-18(7-9-35)28(39)40/h14-18,21H,1-13H2,(H,39,40)(H,33,34,38). The molecule has 0 aromatic carbocycles. The second-order valence-corrected chi connectivity index (χ2v) is 14.3. The molecule has 1 aliphatic carbocycles. The number of hydrogen-bond acceptors (Lipinski definition) is 9. The number of carboxylic acid groups (broad SMARTS) is 1. The number of piperazine rings is 1. The first-order valence-corrected chi connectivity index (χ1v) is 17.2. The van der Waals surface area contributed by atoms with Gasteiger partial charge in [0.05, 0.1) is 58.6 Å². The molecule has 3 aromatic heterocycles. The number of rotatable bonds is 7. The molecule has 1 amide bonds. The Bertz CT molecular complexity index is 1480. The van der Waals surface area contributed by atoms with Gasteiger partial charge in [0.15, 0.2) is 5.13 Å². The van der Waals surface area contributed by atoms with Gasteiger partial charge < -0.3 is 24.8 Å². The lowest BCUT2D eigenvalue weighted by molar-refractivity contribution is -0.907. The average molecular weight is 666 g/mol. The van der Waals surface area contributed by atoms with Gasteiger partial charge in [0, 0.05) is 24.7 Å². The van der Waals surface area contributed by atoms with Crippen LogP contribution in [0.1, 0.15) is 55.3 Å². The van der Waals surface area contributed by atoms with Gasteiger partial charge in [0.2, 0.25) is 0 Å². The van der Waals surface area contributed by atoms with Crippen molar-refractivity contribution >= 4 is 73.7 Å². The van der Waals surface area contributed by atoms with Gasteiger partial charge in [-0.05, 0) is 50.7 Å². The highest BCUT2D eigenvalue weighted by atomic mass is 35.5. The number of hydroxylamine groups is 3. The Morgan fingerprint density at radius 1 is 1.02 bits per heavy atom. The number of amides is 1. The van der Waals surface area contributed by atoms with Crippen molar-refractivity contribution in [2.45, 2.75) is 51.0 Å². The number of carbonyl (C=O) groups is 2. The Labute approximate surface area is 268 Å². The van der Waals surface area contributed by atoms with Crippen molar-refractivity contribution < 1.29 is 19.3 Å². The molecule has 10 nitrogen and oxygen atoms in total. The van der Waals surface area contributed by atoms with Gasteiger partial charge in [-0.3, -0.25) is 14.9 Å². The van der Waals surface area contributed by atoms with Gasteiger partial charge >= 0.3 is 5.97 Å². The predicted molar refractivity (Wildman–Crippen MR) is 173 cm³/mol. The highest BCUT2D eigenvalue weighted by molar-refractivity contribution is 7.21. The number of anilines is 3. The Balaban J connectivity index is 1.17. The fourth-order valence-electron chi connectivity index (χ4n) is 6.40. The molecule has 2 aliphatic heterocycles. The summed E-state index contributed by atoms with van der Waals surface area (Å²) < 4.78 is -0.111. The second-order valence-electron chi connectivity index (χ2n) is 11.6. The van der Waals surface area contributed by atoms with E-state index >= 15 is 0 Å². The third-order valence-electron chi connectivity index (χ3n) is 8.88. The van der Waals surface area contributed by atoms with Gasteiger partial charge in [-0.15, -0.1) is 11.3 Å². The molecule has 0 atom stereocenters. The normalized spacial score (nSPS) is 19.9. The molecule has 0 radical (unpaired) electrons. The van der Waals surface area contributed by atoms with Crippen LogP contribution in [0.15, 0.2) is 23.7 Å². The van der Waals surface area contributed by atoms with E-state index in [2.05, 4.69) is 15.2 Å². The summed E-state index contributed by atoms with van der Waals surface area (Å²) in [5.74, 6) is -0.977. The SMILES string of the molecule is O=C(Nc1nc(-c2cc(Cl)cs2)c(N2CC[N+]([O-])(C3CCCCC3)CC2)s1)c1cnc(N2CCC(C(=O)O)CC2)c(Cl)c1. The zero-order valence-corrected chi connectivity index (χ0v) is 26.8. The van der Waals surface area contributed by atoms with E-state index < -0.39 is 5.97 Å². The summed E-state index contributed by atoms with van der Waals surface area (Å²) in [7, 11) is 0. The minimum absolute atomic E-state index is 0.111. The van der Waals surface area contributed by atoms with E-state index in [1.165, 1.54) is 35.3 Å². The average Bonchev–Trinajstić information content (AvgIpc) is 3.64. The molecule has 3 aliphatic rings. The highest BCUT2D eigenvalue weighted by Gasteiger charge is 2.35. The van der Waals surface area contributed by atoms with Crippen molar-refractivity contribution in [3.05, 3.63) is 44.5 Å². The van der Waals surface area contributed by atoms with Crippen LogP contribution in [0.5, 0.6) is 0 Å². The fourth-order valence-corrected chi connectivity index (χ4v) is 8.84. The minimum atomic E-state index is -0.779. The Morgan fingerprint density at radius 2 is 1.74 bits per heavy atom. The number of aliphatic carboxylic acids is 1. The van der Waals surface area contributed by atoms with Crippen LogP contribution in [0.3, 0.4) is 0 Å². The Kier molecular flexibility index (Phi) is 9.14. The van der Waals surface area contributed by atoms with Gasteiger partial charge in [-0.2, -0.15) is 0 Å². The van der Waals surface area contributed by atoms with Crippen LogP contribution in [0.2, 0.25) is 10.0 Å². The van der Waals surface area contributed by atoms with E-state index in [1.54, 1.807) is 6.07 Å². The zero-order chi connectivity index (χ0) is 30.1. The van der Waals surface area contributed by atoms with Crippen molar-refractivity contribution in [2.24, 2.45) is 5.92 Å². The number of piperidine rings is 1. The van der Waals surface area contributed by atoms with Crippen molar-refractivity contribution in [3.8, 4) is 10.6 Å². The molecule has 2 saturated heterocycles. The summed E-state index contributed by atoms with van der Waals surface area (Å²) in [5, 5.41) is 30.1. The summed E-state index contributed by atoms with van der Waals surface area (Å²) in [5.41, 5.74) is 1.04. The van der Waals surface area contributed by atoms with E-state index in [-0.39, 0.29) is 22.5 Å². The zero-order valence-electron chi connectivity index (χ0n) is 23.6. The number of pyridine rings is 1. The Morgan fingerprint density at radius 3 is 2.37 bits per heavy atom. The second kappa shape index (κ2) is 12.9. The van der Waals surface area contributed by atoms with E-state index in [0.29, 0.717) is 78.7 Å². The maximum atomic E-state index is 13.7. The lowest BCUT2D eigenvalue weighted by atomic mass is 9.93. The quantitative estimate of drug-likeness (QED) is 0.214. The van der Waals surface area contributed by atoms with Crippen LogP contribution in [-0.2, 0) is 4.79 Å². The molecular formula is C29H34Cl2N6O4S2. The minimum Gasteiger partial charge on any atom is -0.632 e. The summed E-state index contributed by atoms with van der Waals surface area (Å²) in [6.45, 7) is 3.42. The van der Waals surface area contributed by atoms with Gasteiger partial charge in [0.25, 0.3) is 5.91 Å². The van der Waals surface area contributed by atoms with Crippen LogP contribution in [0.4, 0.5) is 16.0 Å². The number of hydrogen-bond donors (Lipinski definition) is 2. The number of aromatic nitrogens is 2. The first-order chi connectivity index (χ1) is 20.7. The number of thiophene rings is 1. The first kappa shape index (κ1) is 30.5. The predicted octanol–water partition coefficient (Wildman–Crippen LogP) is 6.59. The Hall–Kier alpha value is -2.48. The van der Waals surface area contributed by atoms with E-state index in [1.807, 2.05) is 16.3 Å². The summed E-state index contributed by atoms with van der Waals surface area (Å²) in [6, 6.07) is 3.66. The number of quaternary nitrogens is 1. The number of nitrogens with zero attached hydrogens (tertiary/aromatic N) is 5. The maximum absolute atomic E-state index is 13.7. The number of carbonyl (C=O) groups excluding carboxylic acids is 1. The molecule has 14 heteroatoms. The van der Waals surface area contributed by atoms with Gasteiger partial charge in [-0.25, -0.2) is 9.97 Å². The van der Waals surface area contributed by atoms with Crippen LogP contribution in [-0.4, -0.2) is 76.9 Å². The molecule has 1 saturated carbocycles. The molecular weight excluding hydrogens is 631 g/mol. The van der Waals surface area contributed by atoms with Gasteiger partial charge in [0.1, 0.15) is 16.5 Å². The molecule has 0 spiro atoms. The van der Waals surface area contributed by atoms with Crippen molar-refractivity contribution in [3.63, 3.8) is 0 Å². The molecule has 6 rings (SSSR count). The van der Waals surface area contributed by atoms with Crippen molar-refractivity contribution in [1.29, 1.82) is 0 Å². The van der Waals surface area contributed by atoms with E-state index in [0.717, 1.165) is 41.3 Å². The lowest BCUT2D eigenvalue weighted by Crippen LogP contribution is -2.61. The highest BCUT2D eigenvalue weighted by Crippen LogP contribution is 2.43. The summed E-state index contributed by atoms with van der Waals surface area (Å²) in [6.07, 6.45) is 8.07. The van der Waals surface area contributed by atoms with E-state index in [4.69, 9.17) is 28.2 Å². The molecule has 0 unspecified atom stereocenters.